The smallest absolute Gasteiger partial charge is 0.300 e. The van der Waals surface area contributed by atoms with Crippen molar-refractivity contribution in [3.8, 4) is 11.8 Å². The molecule has 1 aliphatic heterocycles. The summed E-state index contributed by atoms with van der Waals surface area (Å²) in [6.45, 7) is 9.06. The molecule has 1 aromatic heterocycles. The summed E-state index contributed by atoms with van der Waals surface area (Å²) in [6, 6.07) is 8.28. The number of hydrogen-bond acceptors (Lipinski definition) is 4. The van der Waals surface area contributed by atoms with Crippen molar-refractivity contribution in [3.05, 3.63) is 51.9 Å². The Morgan fingerprint density at radius 1 is 1.39 bits per heavy atom. The average Bonchev–Trinajstić information content (AvgIpc) is 2.95. The van der Waals surface area contributed by atoms with Crippen LogP contribution in [0.25, 0.3) is 0 Å². The minimum Gasteiger partial charge on any atom is -0.490 e. The molecule has 0 bridgehead atoms. The van der Waals surface area contributed by atoms with E-state index >= 15 is 0 Å². The van der Waals surface area contributed by atoms with Crippen molar-refractivity contribution in [2.45, 2.75) is 46.8 Å². The van der Waals surface area contributed by atoms with E-state index in [1.165, 1.54) is 0 Å². The van der Waals surface area contributed by atoms with Gasteiger partial charge < -0.3 is 9.47 Å². The van der Waals surface area contributed by atoms with Gasteiger partial charge in [-0.05, 0) is 31.0 Å². The molecule has 0 spiro atoms. The second kappa shape index (κ2) is 7.81. The Labute approximate surface area is 136 Å². The second-order valence-corrected chi connectivity index (χ2v) is 5.23. The van der Waals surface area contributed by atoms with Crippen LogP contribution in [0.1, 0.15) is 31.9 Å². The molecule has 0 radical (unpaired) electrons. The van der Waals surface area contributed by atoms with Crippen LogP contribution >= 0.6 is 0 Å². The molecule has 2 aromatic rings. The number of ether oxygens (including phenoxy) is 2. The van der Waals surface area contributed by atoms with Gasteiger partial charge in [0.1, 0.15) is 12.4 Å². The molecule has 0 saturated heterocycles. The largest absolute Gasteiger partial charge is 0.490 e. The highest BCUT2D eigenvalue weighted by Crippen LogP contribution is 2.19. The zero-order valence-electron chi connectivity index (χ0n) is 14.2. The fourth-order valence-electron chi connectivity index (χ4n) is 2.38. The Kier molecular flexibility index (Phi) is 5.79. The number of nitrogens with zero attached hydrogens (tertiary/aromatic N) is 2. The van der Waals surface area contributed by atoms with Crippen molar-refractivity contribution in [1.29, 1.82) is 0 Å². The van der Waals surface area contributed by atoms with Gasteiger partial charge in [-0.3, -0.25) is 9.36 Å². The molecule has 1 aliphatic rings. The Morgan fingerprint density at radius 3 is 2.87 bits per heavy atom. The average molecular weight is 316 g/mol. The van der Waals surface area contributed by atoms with Gasteiger partial charge in [0.05, 0.1) is 6.54 Å². The van der Waals surface area contributed by atoms with Crippen LogP contribution in [0.3, 0.4) is 0 Å². The summed E-state index contributed by atoms with van der Waals surface area (Å²) < 4.78 is 13.3. The van der Waals surface area contributed by atoms with E-state index in [9.17, 15) is 4.79 Å². The van der Waals surface area contributed by atoms with Crippen LogP contribution in [-0.2, 0) is 13.0 Å². The monoisotopic (exact) mass is 316 g/mol. The molecule has 5 heteroatoms. The van der Waals surface area contributed by atoms with Crippen molar-refractivity contribution in [1.82, 2.24) is 9.55 Å². The first-order valence-electron chi connectivity index (χ1n) is 8.12. The minimum atomic E-state index is -0.205. The number of hydrogen-bond donors (Lipinski definition) is 0. The number of aryl methyl sites for hydroxylation is 2. The van der Waals surface area contributed by atoms with Gasteiger partial charge >= 0.3 is 0 Å². The number of aromatic nitrogens is 2. The van der Waals surface area contributed by atoms with Gasteiger partial charge in [-0.2, -0.15) is 4.98 Å². The van der Waals surface area contributed by atoms with Crippen LogP contribution in [0.4, 0.5) is 0 Å². The highest BCUT2D eigenvalue weighted by molar-refractivity contribution is 5.27. The van der Waals surface area contributed by atoms with Crippen LogP contribution in [0.15, 0.2) is 35.3 Å². The van der Waals surface area contributed by atoms with E-state index in [-0.39, 0.29) is 11.7 Å². The Balaban J connectivity index is 0.000000924. The van der Waals surface area contributed by atoms with Crippen molar-refractivity contribution in [2.24, 2.45) is 0 Å². The third kappa shape index (κ3) is 4.12. The molecule has 0 N–H and O–H groups in total. The van der Waals surface area contributed by atoms with Gasteiger partial charge in [-0.1, -0.05) is 32.9 Å². The van der Waals surface area contributed by atoms with Crippen LogP contribution in [-0.4, -0.2) is 22.3 Å². The fourth-order valence-corrected chi connectivity index (χ4v) is 2.38. The molecular formula is C18H24N2O3. The summed E-state index contributed by atoms with van der Waals surface area (Å²) in [5, 5.41) is 0. The summed E-state index contributed by atoms with van der Waals surface area (Å²) in [7, 11) is 0. The lowest BCUT2D eigenvalue weighted by molar-refractivity contribution is 0.143. The lowest BCUT2D eigenvalue weighted by Gasteiger charge is -2.11. The zero-order chi connectivity index (χ0) is 16.8. The molecule has 0 saturated carbocycles. The Hall–Kier alpha value is -2.30. The van der Waals surface area contributed by atoms with Crippen molar-refractivity contribution < 1.29 is 9.47 Å². The molecule has 23 heavy (non-hydrogen) atoms. The molecular weight excluding hydrogens is 292 g/mol. The highest BCUT2D eigenvalue weighted by Gasteiger charge is 2.24. The van der Waals surface area contributed by atoms with Crippen LogP contribution in [0.5, 0.6) is 11.8 Å². The van der Waals surface area contributed by atoms with Crippen molar-refractivity contribution >= 4 is 0 Å². The molecule has 1 atom stereocenters. The summed E-state index contributed by atoms with van der Waals surface area (Å²) in [6.07, 6.45) is 2.39. The van der Waals surface area contributed by atoms with Gasteiger partial charge in [0.15, 0.2) is 6.10 Å². The molecule has 5 nitrogen and oxygen atoms in total. The number of rotatable bonds is 4. The number of fused-ring (bicyclic) bond motifs is 1. The summed E-state index contributed by atoms with van der Waals surface area (Å²) in [5.41, 5.74) is 1.66. The third-order valence-electron chi connectivity index (χ3n) is 3.51. The van der Waals surface area contributed by atoms with E-state index in [2.05, 4.69) is 4.98 Å². The highest BCUT2D eigenvalue weighted by atomic mass is 16.6. The predicted molar refractivity (Wildman–Crippen MR) is 90.3 cm³/mol. The third-order valence-corrected chi connectivity index (χ3v) is 3.51. The Bertz CT molecular complexity index is 710. The van der Waals surface area contributed by atoms with Gasteiger partial charge in [-0.15, -0.1) is 0 Å². The first kappa shape index (κ1) is 17.1. The lowest BCUT2D eigenvalue weighted by Crippen LogP contribution is -2.23. The van der Waals surface area contributed by atoms with E-state index in [1.54, 1.807) is 0 Å². The van der Waals surface area contributed by atoms with E-state index < -0.39 is 0 Å². The topological polar surface area (TPSA) is 53.4 Å². The summed E-state index contributed by atoms with van der Waals surface area (Å²) in [4.78, 5) is 15.7. The van der Waals surface area contributed by atoms with Crippen molar-refractivity contribution in [2.75, 3.05) is 6.61 Å². The quantitative estimate of drug-likeness (QED) is 0.870. The molecule has 0 unspecified atom stereocenters. The molecule has 0 amide bonds. The molecule has 1 aromatic carbocycles. The SMILES string of the molecule is CC.CCc1cn2c(nc1=O)O[C@H](COc1cccc(C)c1)C2. The number of benzene rings is 1. The van der Waals surface area contributed by atoms with Gasteiger partial charge in [-0.25, -0.2) is 0 Å². The van der Waals surface area contributed by atoms with Crippen LogP contribution < -0.4 is 15.0 Å². The van der Waals surface area contributed by atoms with Gasteiger partial charge in [0, 0.05) is 11.8 Å². The molecule has 3 rings (SSSR count). The van der Waals surface area contributed by atoms with Crippen LogP contribution in [0.2, 0.25) is 0 Å². The van der Waals surface area contributed by atoms with E-state index in [0.29, 0.717) is 31.1 Å². The maximum absolute atomic E-state index is 11.7. The second-order valence-electron chi connectivity index (χ2n) is 5.23. The predicted octanol–water partition coefficient (Wildman–Crippen LogP) is 2.98. The normalized spacial score (nSPS) is 15.2. The van der Waals surface area contributed by atoms with E-state index in [1.807, 2.05) is 62.7 Å². The summed E-state index contributed by atoms with van der Waals surface area (Å²) >= 11 is 0. The maximum atomic E-state index is 11.7. The van der Waals surface area contributed by atoms with Crippen molar-refractivity contribution in [3.63, 3.8) is 0 Å². The first-order valence-corrected chi connectivity index (χ1v) is 8.12. The van der Waals surface area contributed by atoms with Gasteiger partial charge in [0.2, 0.25) is 0 Å². The summed E-state index contributed by atoms with van der Waals surface area (Å²) in [5.74, 6) is 0.825. The van der Waals surface area contributed by atoms with E-state index in [4.69, 9.17) is 9.47 Å². The molecule has 0 fully saturated rings. The lowest BCUT2D eigenvalue weighted by atomic mass is 10.2. The Morgan fingerprint density at radius 2 is 2.17 bits per heavy atom. The van der Waals surface area contributed by atoms with E-state index in [0.717, 1.165) is 11.3 Å². The molecule has 124 valence electrons. The molecule has 2 heterocycles. The zero-order valence-corrected chi connectivity index (χ0v) is 14.2. The first-order chi connectivity index (χ1) is 11.2. The standard InChI is InChI=1S/C16H18N2O3.C2H6/c1-3-12-8-18-9-14(21-16(18)17-15(12)19)10-20-13-6-4-5-11(2)7-13;1-2/h4-8,14H,3,9-10H2,1-2H3;1-2H3/t14-;/m0./s1. The fraction of sp³-hybridized carbons (Fsp3) is 0.444. The van der Waals surface area contributed by atoms with Gasteiger partial charge in [0.25, 0.3) is 11.6 Å². The maximum Gasteiger partial charge on any atom is 0.300 e. The molecule has 0 aliphatic carbocycles. The minimum absolute atomic E-state index is 0.121. The van der Waals surface area contributed by atoms with Crippen LogP contribution in [0, 0.1) is 6.92 Å².